The quantitative estimate of drug-likeness (QED) is 0.554. The molecular weight excluding hydrogens is 436 g/mol. The highest BCUT2D eigenvalue weighted by Crippen LogP contribution is 2.35. The van der Waals surface area contributed by atoms with E-state index < -0.39 is 12.4 Å². The summed E-state index contributed by atoms with van der Waals surface area (Å²) in [4.78, 5) is 22.3. The van der Waals surface area contributed by atoms with E-state index in [0.29, 0.717) is 31.0 Å². The summed E-state index contributed by atoms with van der Waals surface area (Å²) in [5.74, 6) is -0.502. The SMILES string of the molecule is CN=C1CCN(c2cc(C(F)F)c(C#N)c(Nc3cc(CCC(=O)O)ccc3SC)n2)C1. The first-order valence-corrected chi connectivity index (χ1v) is 11.2. The summed E-state index contributed by atoms with van der Waals surface area (Å²) in [7, 11) is 1.70. The summed E-state index contributed by atoms with van der Waals surface area (Å²) in [5, 5.41) is 21.6. The summed E-state index contributed by atoms with van der Waals surface area (Å²) in [6.07, 6.45) is 0.0592. The van der Waals surface area contributed by atoms with Gasteiger partial charge in [0, 0.05) is 42.6 Å². The Labute approximate surface area is 189 Å². The van der Waals surface area contributed by atoms with Crippen LogP contribution in [0.2, 0.25) is 0 Å². The van der Waals surface area contributed by atoms with Crippen LogP contribution in [0, 0.1) is 11.3 Å². The maximum Gasteiger partial charge on any atom is 0.303 e. The topological polar surface area (TPSA) is 102 Å². The van der Waals surface area contributed by atoms with Crippen molar-refractivity contribution in [2.45, 2.75) is 30.6 Å². The molecule has 1 fully saturated rings. The maximum atomic E-state index is 13.8. The van der Waals surface area contributed by atoms with E-state index >= 15 is 0 Å². The van der Waals surface area contributed by atoms with Crippen LogP contribution in [-0.2, 0) is 11.2 Å². The zero-order chi connectivity index (χ0) is 23.3. The minimum Gasteiger partial charge on any atom is -0.481 e. The van der Waals surface area contributed by atoms with Gasteiger partial charge in [0.05, 0.1) is 12.2 Å². The largest absolute Gasteiger partial charge is 0.481 e. The fraction of sp³-hybridized carbons (Fsp3) is 0.364. The Morgan fingerprint density at radius 2 is 2.22 bits per heavy atom. The number of alkyl halides is 2. The molecule has 0 bridgehead atoms. The zero-order valence-corrected chi connectivity index (χ0v) is 18.5. The number of carboxylic acid groups (broad SMARTS) is 1. The molecule has 1 aromatic carbocycles. The first-order chi connectivity index (χ1) is 15.4. The van der Waals surface area contributed by atoms with Crippen molar-refractivity contribution in [2.24, 2.45) is 4.99 Å². The monoisotopic (exact) mass is 459 g/mol. The van der Waals surface area contributed by atoms with E-state index in [1.54, 1.807) is 13.1 Å². The summed E-state index contributed by atoms with van der Waals surface area (Å²) in [6, 6.07) is 8.56. The van der Waals surface area contributed by atoms with Gasteiger partial charge in [-0.05, 0) is 36.4 Å². The summed E-state index contributed by atoms with van der Waals surface area (Å²) in [5.41, 5.74) is 1.73. The van der Waals surface area contributed by atoms with Gasteiger partial charge in [-0.15, -0.1) is 11.8 Å². The number of aryl methyl sites for hydroxylation is 1. The number of carboxylic acids is 1. The van der Waals surface area contributed by atoms with E-state index in [9.17, 15) is 18.8 Å². The number of carbonyl (C=O) groups is 1. The third-order valence-corrected chi connectivity index (χ3v) is 6.01. The molecule has 0 atom stereocenters. The molecule has 3 rings (SSSR count). The molecule has 168 valence electrons. The number of pyridine rings is 1. The van der Waals surface area contributed by atoms with Crippen LogP contribution in [0.4, 0.5) is 26.1 Å². The molecule has 0 amide bonds. The normalized spacial score (nSPS) is 14.8. The standard InChI is InChI=1S/C22H23F2N5O2S/c1-26-14-7-8-29(12-14)19-10-15(21(23)24)16(11-25)22(28-19)27-17-9-13(4-6-20(30)31)3-5-18(17)32-2/h3,5,9-10,21H,4,6-8,12H2,1-2H3,(H,27,28)(H,30,31). The van der Waals surface area contributed by atoms with Crippen LogP contribution in [0.15, 0.2) is 34.2 Å². The van der Waals surface area contributed by atoms with Gasteiger partial charge in [-0.2, -0.15) is 5.26 Å². The summed E-state index contributed by atoms with van der Waals surface area (Å²) < 4.78 is 27.6. The average molecular weight is 460 g/mol. The molecule has 0 aliphatic carbocycles. The van der Waals surface area contributed by atoms with Gasteiger partial charge in [0.15, 0.2) is 5.82 Å². The molecule has 1 saturated heterocycles. The lowest BCUT2D eigenvalue weighted by molar-refractivity contribution is -0.136. The van der Waals surface area contributed by atoms with Crippen LogP contribution >= 0.6 is 11.8 Å². The van der Waals surface area contributed by atoms with Gasteiger partial charge in [0.2, 0.25) is 0 Å². The third-order valence-electron chi connectivity index (χ3n) is 5.21. The Kier molecular flexibility index (Phi) is 7.64. The fourth-order valence-electron chi connectivity index (χ4n) is 3.50. The molecular formula is C22H23F2N5O2S. The Bertz CT molecular complexity index is 1080. The zero-order valence-electron chi connectivity index (χ0n) is 17.7. The van der Waals surface area contributed by atoms with Crippen molar-refractivity contribution in [3.63, 3.8) is 0 Å². The highest BCUT2D eigenvalue weighted by atomic mass is 32.2. The van der Waals surface area contributed by atoms with Crippen molar-refractivity contribution in [1.29, 1.82) is 5.26 Å². The van der Waals surface area contributed by atoms with Gasteiger partial charge in [-0.1, -0.05) is 6.07 Å². The second-order valence-electron chi connectivity index (χ2n) is 7.22. The molecule has 32 heavy (non-hydrogen) atoms. The Hall–Kier alpha value is -3.19. The molecule has 2 N–H and O–H groups in total. The maximum absolute atomic E-state index is 13.8. The molecule has 0 unspecified atom stereocenters. The lowest BCUT2D eigenvalue weighted by Gasteiger charge is -2.20. The average Bonchev–Trinajstić information content (AvgIpc) is 3.26. The van der Waals surface area contributed by atoms with Crippen molar-refractivity contribution in [2.75, 3.05) is 36.6 Å². The highest BCUT2D eigenvalue weighted by Gasteiger charge is 2.25. The Morgan fingerprint density at radius 1 is 1.44 bits per heavy atom. The number of rotatable bonds is 8. The molecule has 0 saturated carbocycles. The number of hydrogen-bond acceptors (Lipinski definition) is 7. The highest BCUT2D eigenvalue weighted by molar-refractivity contribution is 7.98. The third kappa shape index (κ3) is 5.34. The Morgan fingerprint density at radius 3 is 2.81 bits per heavy atom. The molecule has 2 heterocycles. The number of aliphatic carboxylic acids is 1. The number of nitrogens with zero attached hydrogens (tertiary/aromatic N) is 4. The van der Waals surface area contributed by atoms with Gasteiger partial charge in [0.25, 0.3) is 6.43 Å². The number of aromatic nitrogens is 1. The lowest BCUT2D eigenvalue weighted by atomic mass is 10.1. The number of anilines is 3. The molecule has 2 aromatic rings. The van der Waals surface area contributed by atoms with Crippen LogP contribution in [-0.4, -0.2) is 48.2 Å². The number of benzene rings is 1. The van der Waals surface area contributed by atoms with Crippen LogP contribution in [0.5, 0.6) is 0 Å². The van der Waals surface area contributed by atoms with Crippen LogP contribution in [0.1, 0.15) is 36.0 Å². The van der Waals surface area contributed by atoms with Gasteiger partial charge in [0.1, 0.15) is 17.5 Å². The number of aliphatic imine (C=N–C) groups is 1. The number of halogens is 2. The Balaban J connectivity index is 2.04. The smallest absolute Gasteiger partial charge is 0.303 e. The predicted octanol–water partition coefficient (Wildman–Crippen LogP) is 4.65. The first kappa shape index (κ1) is 23.5. The second-order valence-corrected chi connectivity index (χ2v) is 8.07. The van der Waals surface area contributed by atoms with E-state index in [1.807, 2.05) is 29.4 Å². The van der Waals surface area contributed by atoms with Crippen molar-refractivity contribution in [3.05, 3.63) is 41.0 Å². The molecule has 1 aliphatic rings. The molecule has 10 heteroatoms. The summed E-state index contributed by atoms with van der Waals surface area (Å²) in [6.45, 7) is 1.10. The lowest BCUT2D eigenvalue weighted by Crippen LogP contribution is -2.22. The second kappa shape index (κ2) is 10.4. The fourth-order valence-corrected chi connectivity index (χ4v) is 4.03. The van der Waals surface area contributed by atoms with Gasteiger partial charge in [-0.3, -0.25) is 9.79 Å². The van der Waals surface area contributed by atoms with Crippen molar-refractivity contribution >= 4 is 40.8 Å². The first-order valence-electron chi connectivity index (χ1n) is 9.94. The van der Waals surface area contributed by atoms with Gasteiger partial charge in [-0.25, -0.2) is 13.8 Å². The van der Waals surface area contributed by atoms with Gasteiger partial charge >= 0.3 is 5.97 Å². The van der Waals surface area contributed by atoms with Crippen LogP contribution in [0.3, 0.4) is 0 Å². The number of nitriles is 1. The summed E-state index contributed by atoms with van der Waals surface area (Å²) >= 11 is 1.44. The minimum absolute atomic E-state index is 0.0267. The molecule has 0 radical (unpaired) electrons. The van der Waals surface area contributed by atoms with Crippen molar-refractivity contribution in [1.82, 2.24) is 4.98 Å². The van der Waals surface area contributed by atoms with E-state index in [1.165, 1.54) is 17.8 Å². The molecule has 7 nitrogen and oxygen atoms in total. The van der Waals surface area contributed by atoms with E-state index in [2.05, 4.69) is 15.3 Å². The van der Waals surface area contributed by atoms with Crippen molar-refractivity contribution < 1.29 is 18.7 Å². The van der Waals surface area contributed by atoms with E-state index in [-0.39, 0.29) is 23.4 Å². The molecule has 0 spiro atoms. The number of nitrogens with one attached hydrogen (secondary N) is 1. The van der Waals surface area contributed by atoms with Crippen molar-refractivity contribution in [3.8, 4) is 6.07 Å². The number of thioether (sulfide) groups is 1. The minimum atomic E-state index is -2.84. The predicted molar refractivity (Wildman–Crippen MR) is 122 cm³/mol. The van der Waals surface area contributed by atoms with E-state index in [0.717, 1.165) is 22.6 Å². The molecule has 1 aromatic heterocycles. The van der Waals surface area contributed by atoms with Gasteiger partial charge < -0.3 is 15.3 Å². The van der Waals surface area contributed by atoms with Crippen LogP contribution in [0.25, 0.3) is 0 Å². The molecule has 1 aliphatic heterocycles. The number of hydrogen-bond donors (Lipinski definition) is 2. The van der Waals surface area contributed by atoms with Crippen LogP contribution < -0.4 is 10.2 Å². The van der Waals surface area contributed by atoms with E-state index in [4.69, 9.17) is 5.11 Å².